The predicted molar refractivity (Wildman–Crippen MR) is 110 cm³/mol. The first kappa shape index (κ1) is 19.3. The maximum Gasteiger partial charge on any atom is 0.192 e. The molecule has 1 saturated carbocycles. The lowest BCUT2D eigenvalue weighted by Gasteiger charge is -2.30. The van der Waals surface area contributed by atoms with Crippen molar-refractivity contribution in [3.05, 3.63) is 34.5 Å². The number of anilines is 2. The molecule has 5 nitrogen and oxygen atoms in total. The molecule has 2 aromatic rings. The second-order valence-electron chi connectivity index (χ2n) is 7.05. The zero-order valence-corrected chi connectivity index (χ0v) is 17.2. The van der Waals surface area contributed by atoms with Crippen molar-refractivity contribution in [3.63, 3.8) is 0 Å². The first-order chi connectivity index (χ1) is 13.1. The van der Waals surface area contributed by atoms with Crippen LogP contribution >= 0.6 is 34.9 Å². The van der Waals surface area contributed by atoms with Crippen LogP contribution < -0.4 is 10.0 Å². The van der Waals surface area contributed by atoms with E-state index in [9.17, 15) is 4.39 Å². The molecule has 1 saturated heterocycles. The molecule has 2 N–H and O–H groups in total. The molecule has 0 amide bonds. The van der Waals surface area contributed by atoms with E-state index in [-0.39, 0.29) is 11.2 Å². The Morgan fingerprint density at radius 3 is 2.85 bits per heavy atom. The Kier molecular flexibility index (Phi) is 6.08. The third-order valence-corrected chi connectivity index (χ3v) is 6.93. The molecule has 1 aliphatic carbocycles. The number of morpholine rings is 1. The maximum atomic E-state index is 14.5. The Morgan fingerprint density at radius 1 is 1.33 bits per heavy atom. The minimum atomic E-state index is -0.297. The van der Waals surface area contributed by atoms with Gasteiger partial charge in [-0.1, -0.05) is 11.6 Å². The van der Waals surface area contributed by atoms with Crippen molar-refractivity contribution in [1.82, 2.24) is 9.88 Å². The van der Waals surface area contributed by atoms with Crippen LogP contribution in [0, 0.1) is 11.2 Å². The topological polar surface area (TPSA) is 49.4 Å². The van der Waals surface area contributed by atoms with Crippen molar-refractivity contribution >= 4 is 45.7 Å². The third kappa shape index (κ3) is 5.06. The molecular weight excluding hydrogens is 407 g/mol. The zero-order chi connectivity index (χ0) is 18.7. The number of halogens is 2. The molecule has 1 aromatic carbocycles. The molecule has 146 valence electrons. The van der Waals surface area contributed by atoms with E-state index in [0.29, 0.717) is 15.6 Å². The highest BCUT2D eigenvalue weighted by Crippen LogP contribution is 2.46. The fourth-order valence-corrected chi connectivity index (χ4v) is 4.77. The van der Waals surface area contributed by atoms with Crippen molar-refractivity contribution in [1.29, 1.82) is 0 Å². The predicted octanol–water partition coefficient (Wildman–Crippen LogP) is 4.58. The number of nitrogens with one attached hydrogen (secondary N) is 2. The van der Waals surface area contributed by atoms with Crippen LogP contribution in [0.3, 0.4) is 0 Å². The van der Waals surface area contributed by atoms with E-state index in [1.807, 2.05) is 5.38 Å². The minimum absolute atomic E-state index is 0.275. The summed E-state index contributed by atoms with van der Waals surface area (Å²) in [6.45, 7) is 5.50. The molecule has 0 bridgehead atoms. The van der Waals surface area contributed by atoms with E-state index in [1.54, 1.807) is 12.3 Å². The zero-order valence-electron chi connectivity index (χ0n) is 14.8. The maximum absolute atomic E-state index is 14.5. The summed E-state index contributed by atoms with van der Waals surface area (Å²) in [5, 5.41) is 6.50. The molecule has 0 radical (unpaired) electrons. The van der Waals surface area contributed by atoms with Gasteiger partial charge in [0.15, 0.2) is 5.13 Å². The number of nitrogens with zero attached hydrogens (tertiary/aromatic N) is 2. The van der Waals surface area contributed by atoms with E-state index in [0.717, 1.165) is 44.5 Å². The average Bonchev–Trinajstić information content (AvgIpc) is 3.23. The summed E-state index contributed by atoms with van der Waals surface area (Å²) in [5.74, 6) is -0.297. The number of aromatic nitrogens is 1. The van der Waals surface area contributed by atoms with Gasteiger partial charge in [-0.2, -0.15) is 0 Å². The van der Waals surface area contributed by atoms with Crippen LogP contribution in [0.5, 0.6) is 0 Å². The third-order valence-electron chi connectivity index (χ3n) is 4.98. The molecular formula is C18H22ClFN4OS2. The van der Waals surface area contributed by atoms with E-state index in [1.165, 1.54) is 42.2 Å². The van der Waals surface area contributed by atoms with Crippen molar-refractivity contribution < 1.29 is 9.13 Å². The number of hydrogen-bond donors (Lipinski definition) is 2. The normalized spacial score (nSPS) is 19.0. The lowest BCUT2D eigenvalue weighted by atomic mass is 10.1. The van der Waals surface area contributed by atoms with Gasteiger partial charge in [0.25, 0.3) is 0 Å². The smallest absolute Gasteiger partial charge is 0.192 e. The van der Waals surface area contributed by atoms with Gasteiger partial charge in [0.05, 0.1) is 28.8 Å². The van der Waals surface area contributed by atoms with Gasteiger partial charge in [0.2, 0.25) is 0 Å². The van der Waals surface area contributed by atoms with Crippen LogP contribution in [0.25, 0.3) is 0 Å². The second kappa shape index (κ2) is 8.53. The molecule has 0 spiro atoms. The molecule has 2 fully saturated rings. The molecule has 2 aliphatic rings. The van der Waals surface area contributed by atoms with E-state index >= 15 is 0 Å². The molecule has 27 heavy (non-hydrogen) atoms. The Bertz CT molecular complexity index is 767. The summed E-state index contributed by atoms with van der Waals surface area (Å²) in [4.78, 5) is 7.04. The Hall–Kier alpha value is -1.06. The highest BCUT2D eigenvalue weighted by molar-refractivity contribution is 8.00. The highest BCUT2D eigenvalue weighted by Gasteiger charge is 2.43. The molecule has 1 aromatic heterocycles. The number of thiazole rings is 1. The fraction of sp³-hybridized carbons (Fsp3) is 0.500. The van der Waals surface area contributed by atoms with Gasteiger partial charge in [-0.15, -0.1) is 11.3 Å². The van der Waals surface area contributed by atoms with E-state index in [2.05, 4.69) is 19.9 Å². The summed E-state index contributed by atoms with van der Waals surface area (Å²) in [6, 6.07) is 3.14. The molecule has 1 aliphatic heterocycles. The van der Waals surface area contributed by atoms with Crippen molar-refractivity contribution in [3.8, 4) is 0 Å². The molecule has 9 heteroatoms. The Balaban J connectivity index is 1.34. The first-order valence-corrected chi connectivity index (χ1v) is 11.1. The minimum Gasteiger partial charge on any atom is -0.383 e. The molecule has 4 rings (SSSR count). The van der Waals surface area contributed by atoms with Crippen molar-refractivity contribution in [2.24, 2.45) is 5.41 Å². The van der Waals surface area contributed by atoms with Crippen LogP contribution in [0.4, 0.5) is 15.2 Å². The SMILES string of the molecule is Fc1cc(NCC2(CN3CCOCC3)CC2)c(Cl)cc1SNc1nccs1. The molecule has 2 heterocycles. The van der Waals surface area contributed by atoms with Gasteiger partial charge < -0.3 is 14.8 Å². The van der Waals surface area contributed by atoms with Crippen LogP contribution in [0.2, 0.25) is 5.02 Å². The summed E-state index contributed by atoms with van der Waals surface area (Å²) in [7, 11) is 0. The van der Waals surface area contributed by atoms with Crippen LogP contribution in [-0.4, -0.2) is 49.3 Å². The van der Waals surface area contributed by atoms with Gasteiger partial charge in [0, 0.05) is 43.2 Å². The van der Waals surface area contributed by atoms with Crippen molar-refractivity contribution in [2.45, 2.75) is 17.7 Å². The average molecular weight is 429 g/mol. The van der Waals surface area contributed by atoms with E-state index in [4.69, 9.17) is 16.3 Å². The number of ether oxygens (including phenoxy) is 1. The Labute approximate surface area is 171 Å². The number of rotatable bonds is 8. The summed E-state index contributed by atoms with van der Waals surface area (Å²) < 4.78 is 22.9. The van der Waals surface area contributed by atoms with Crippen LogP contribution in [-0.2, 0) is 4.74 Å². The highest BCUT2D eigenvalue weighted by atomic mass is 35.5. The second-order valence-corrected chi connectivity index (χ2v) is 9.20. The Morgan fingerprint density at radius 2 is 2.15 bits per heavy atom. The number of benzene rings is 1. The lowest BCUT2D eigenvalue weighted by Crippen LogP contribution is -2.41. The largest absolute Gasteiger partial charge is 0.383 e. The van der Waals surface area contributed by atoms with Gasteiger partial charge >= 0.3 is 0 Å². The van der Waals surface area contributed by atoms with Gasteiger partial charge in [-0.05, 0) is 36.9 Å². The first-order valence-electron chi connectivity index (χ1n) is 8.99. The fourth-order valence-electron chi connectivity index (χ4n) is 3.20. The van der Waals surface area contributed by atoms with Gasteiger partial charge in [-0.25, -0.2) is 9.37 Å². The lowest BCUT2D eigenvalue weighted by molar-refractivity contribution is 0.0294. The monoisotopic (exact) mass is 428 g/mol. The van der Waals surface area contributed by atoms with E-state index < -0.39 is 0 Å². The van der Waals surface area contributed by atoms with Crippen molar-refractivity contribution in [2.75, 3.05) is 49.4 Å². The van der Waals surface area contributed by atoms with Gasteiger partial charge in [-0.3, -0.25) is 4.90 Å². The molecule has 0 atom stereocenters. The summed E-state index contributed by atoms with van der Waals surface area (Å²) in [5.41, 5.74) is 0.928. The van der Waals surface area contributed by atoms with Gasteiger partial charge in [0.1, 0.15) is 5.82 Å². The quantitative estimate of drug-likeness (QED) is 0.600. The summed E-state index contributed by atoms with van der Waals surface area (Å²) in [6.07, 6.45) is 4.10. The number of hydrogen-bond acceptors (Lipinski definition) is 7. The van der Waals surface area contributed by atoms with Crippen LogP contribution in [0.1, 0.15) is 12.8 Å². The summed E-state index contributed by atoms with van der Waals surface area (Å²) >= 11 is 9.04. The standard InChI is InChI=1S/C18H22ClFN4OS2/c19-13-9-16(27-23-17-21-3-8-26-17)14(20)10-15(13)22-11-18(1-2-18)12-24-4-6-25-7-5-24/h3,8-10,22H,1-2,4-7,11-12H2,(H,21,23). The molecule has 0 unspecified atom stereocenters. The van der Waals surface area contributed by atoms with Crippen LogP contribution in [0.15, 0.2) is 28.6 Å².